The summed E-state index contributed by atoms with van der Waals surface area (Å²) in [5, 5.41) is 8.58. The van der Waals surface area contributed by atoms with Gasteiger partial charge in [-0.1, -0.05) is 0 Å². The highest BCUT2D eigenvalue weighted by molar-refractivity contribution is 9.10. The van der Waals surface area contributed by atoms with Crippen molar-refractivity contribution in [1.82, 2.24) is 4.72 Å². The minimum atomic E-state index is -4.40. The number of rotatable bonds is 4. The van der Waals surface area contributed by atoms with Gasteiger partial charge in [0.1, 0.15) is 22.6 Å². The van der Waals surface area contributed by atoms with Crippen LogP contribution in [0.1, 0.15) is 6.92 Å². The number of carbonyl (C=O) groups is 1. The van der Waals surface area contributed by atoms with Crippen LogP contribution in [0.4, 0.5) is 8.78 Å². The normalized spacial score (nSPS) is 13.3. The largest absolute Gasteiger partial charge is 0.480 e. The number of sulfonamides is 1. The summed E-state index contributed by atoms with van der Waals surface area (Å²) in [7, 11) is -4.40. The maximum atomic E-state index is 13.4. The quantitative estimate of drug-likeness (QED) is 0.867. The maximum Gasteiger partial charge on any atom is 0.321 e. The van der Waals surface area contributed by atoms with E-state index in [0.717, 1.165) is 13.0 Å². The van der Waals surface area contributed by atoms with E-state index in [2.05, 4.69) is 15.9 Å². The van der Waals surface area contributed by atoms with Gasteiger partial charge in [0.2, 0.25) is 10.0 Å². The molecule has 0 radical (unpaired) electrons. The molecule has 0 aromatic heterocycles. The zero-order valence-corrected chi connectivity index (χ0v) is 11.3. The van der Waals surface area contributed by atoms with Gasteiger partial charge >= 0.3 is 5.97 Å². The summed E-state index contributed by atoms with van der Waals surface area (Å²) in [6.07, 6.45) is 0. The van der Waals surface area contributed by atoms with Crippen LogP contribution in [0.5, 0.6) is 0 Å². The fourth-order valence-electron chi connectivity index (χ4n) is 1.13. The third-order valence-electron chi connectivity index (χ3n) is 1.93. The van der Waals surface area contributed by atoms with Gasteiger partial charge in [0, 0.05) is 10.5 Å². The van der Waals surface area contributed by atoms with Gasteiger partial charge < -0.3 is 5.11 Å². The molecule has 0 aliphatic rings. The highest BCUT2D eigenvalue weighted by Crippen LogP contribution is 2.26. The number of benzene rings is 1. The standard InChI is InChI=1S/C9H8BrF2NO4S/c1-4(9(14)15)13-18(16,17)8-6(10)2-5(11)3-7(8)12/h2-4,13H,1H3,(H,14,15)/t4-/m0/s1. The molecule has 0 aliphatic carbocycles. The predicted octanol–water partition coefficient (Wildman–Crippen LogP) is 1.48. The second kappa shape index (κ2) is 5.29. The molecule has 1 rings (SSSR count). The molecule has 9 heteroatoms. The van der Waals surface area contributed by atoms with Gasteiger partial charge in [0.25, 0.3) is 0 Å². The van der Waals surface area contributed by atoms with E-state index in [0.29, 0.717) is 6.07 Å². The topological polar surface area (TPSA) is 83.5 Å². The molecule has 0 saturated heterocycles. The molecule has 0 amide bonds. The van der Waals surface area contributed by atoms with Gasteiger partial charge in [0.15, 0.2) is 0 Å². The van der Waals surface area contributed by atoms with E-state index >= 15 is 0 Å². The number of hydrogen-bond acceptors (Lipinski definition) is 3. The SMILES string of the molecule is C[C@H](NS(=O)(=O)c1c(F)cc(F)cc1Br)C(=O)O. The Balaban J connectivity index is 3.25. The Bertz CT molecular complexity index is 567. The van der Waals surface area contributed by atoms with E-state index in [1.165, 1.54) is 0 Å². The Morgan fingerprint density at radius 2 is 2.00 bits per heavy atom. The smallest absolute Gasteiger partial charge is 0.321 e. The molecule has 1 atom stereocenters. The summed E-state index contributed by atoms with van der Waals surface area (Å²) in [6, 6.07) is -0.278. The fraction of sp³-hybridized carbons (Fsp3) is 0.222. The van der Waals surface area contributed by atoms with Crippen molar-refractivity contribution in [3.8, 4) is 0 Å². The molecule has 0 spiro atoms. The zero-order chi connectivity index (χ0) is 14.1. The lowest BCUT2D eigenvalue weighted by Gasteiger charge is -2.12. The lowest BCUT2D eigenvalue weighted by molar-refractivity contribution is -0.138. The van der Waals surface area contributed by atoms with Gasteiger partial charge in [-0.2, -0.15) is 4.72 Å². The number of carboxylic acids is 1. The molecular formula is C9H8BrF2NO4S. The molecule has 18 heavy (non-hydrogen) atoms. The number of aliphatic carboxylic acids is 1. The number of nitrogens with one attached hydrogen (secondary N) is 1. The van der Waals surface area contributed by atoms with E-state index in [4.69, 9.17) is 5.11 Å². The molecule has 5 nitrogen and oxygen atoms in total. The minimum Gasteiger partial charge on any atom is -0.480 e. The minimum absolute atomic E-state index is 0.329. The van der Waals surface area contributed by atoms with E-state index in [1.54, 1.807) is 4.72 Å². The van der Waals surface area contributed by atoms with Gasteiger partial charge in [-0.15, -0.1) is 0 Å². The van der Waals surface area contributed by atoms with Crippen LogP contribution >= 0.6 is 15.9 Å². The first-order chi connectivity index (χ1) is 8.15. The highest BCUT2D eigenvalue weighted by Gasteiger charge is 2.27. The summed E-state index contributed by atoms with van der Waals surface area (Å²) in [6.45, 7) is 1.08. The Hall–Kier alpha value is -1.06. The predicted molar refractivity (Wildman–Crippen MR) is 61.5 cm³/mol. The monoisotopic (exact) mass is 343 g/mol. The third kappa shape index (κ3) is 3.24. The number of halogens is 3. The lowest BCUT2D eigenvalue weighted by Crippen LogP contribution is -2.38. The van der Waals surface area contributed by atoms with Crippen LogP contribution in [-0.4, -0.2) is 25.5 Å². The molecule has 1 aromatic carbocycles. The van der Waals surface area contributed by atoms with E-state index in [1.807, 2.05) is 0 Å². The average molecular weight is 344 g/mol. The van der Waals surface area contributed by atoms with Crippen molar-refractivity contribution in [1.29, 1.82) is 0 Å². The number of carboxylic acid groups (broad SMARTS) is 1. The maximum absolute atomic E-state index is 13.4. The second-order valence-corrected chi connectivity index (χ2v) is 5.88. The first kappa shape index (κ1) is 15.0. The van der Waals surface area contributed by atoms with Crippen molar-refractivity contribution in [3.05, 3.63) is 28.2 Å². The molecule has 0 fully saturated rings. The summed E-state index contributed by atoms with van der Waals surface area (Å²) >= 11 is 2.71. The molecule has 0 unspecified atom stereocenters. The summed E-state index contributed by atoms with van der Waals surface area (Å²) < 4.78 is 51.1. The Morgan fingerprint density at radius 3 is 2.44 bits per heavy atom. The van der Waals surface area contributed by atoms with Crippen molar-refractivity contribution in [2.24, 2.45) is 0 Å². The molecule has 100 valence electrons. The van der Waals surface area contributed by atoms with Crippen molar-refractivity contribution in [2.75, 3.05) is 0 Å². The van der Waals surface area contributed by atoms with Gasteiger partial charge in [-0.3, -0.25) is 4.79 Å². The molecular weight excluding hydrogens is 336 g/mol. The second-order valence-electron chi connectivity index (χ2n) is 3.38. The first-order valence-electron chi connectivity index (χ1n) is 4.55. The van der Waals surface area contributed by atoms with Gasteiger partial charge in [-0.25, -0.2) is 17.2 Å². The summed E-state index contributed by atoms with van der Waals surface area (Å²) in [5.74, 6) is -3.69. The van der Waals surface area contributed by atoms with Crippen LogP contribution in [-0.2, 0) is 14.8 Å². The van der Waals surface area contributed by atoms with Crippen LogP contribution in [0, 0.1) is 11.6 Å². The van der Waals surface area contributed by atoms with E-state index < -0.39 is 38.6 Å². The van der Waals surface area contributed by atoms with Gasteiger partial charge in [-0.05, 0) is 28.9 Å². The fourth-order valence-corrected chi connectivity index (χ4v) is 3.49. The Morgan fingerprint density at radius 1 is 1.44 bits per heavy atom. The average Bonchev–Trinajstić information content (AvgIpc) is 2.13. The highest BCUT2D eigenvalue weighted by atomic mass is 79.9. The van der Waals surface area contributed by atoms with E-state index in [9.17, 15) is 22.0 Å². The van der Waals surface area contributed by atoms with Crippen molar-refractivity contribution >= 4 is 31.9 Å². The molecule has 0 saturated carbocycles. The first-order valence-corrected chi connectivity index (χ1v) is 6.82. The zero-order valence-electron chi connectivity index (χ0n) is 8.95. The summed E-state index contributed by atoms with van der Waals surface area (Å²) in [5.41, 5.74) is 0. The lowest BCUT2D eigenvalue weighted by atomic mass is 10.3. The Kier molecular flexibility index (Phi) is 4.41. The molecule has 0 bridgehead atoms. The van der Waals surface area contributed by atoms with Crippen LogP contribution in [0.2, 0.25) is 0 Å². The van der Waals surface area contributed by atoms with Crippen LogP contribution < -0.4 is 4.72 Å². The van der Waals surface area contributed by atoms with Crippen molar-refractivity contribution < 1.29 is 27.1 Å². The van der Waals surface area contributed by atoms with Crippen LogP contribution in [0.15, 0.2) is 21.5 Å². The molecule has 2 N–H and O–H groups in total. The molecule has 0 heterocycles. The van der Waals surface area contributed by atoms with Crippen molar-refractivity contribution in [3.63, 3.8) is 0 Å². The Labute approximate surface area is 110 Å². The van der Waals surface area contributed by atoms with E-state index in [-0.39, 0.29) is 4.47 Å². The van der Waals surface area contributed by atoms with Crippen molar-refractivity contribution in [2.45, 2.75) is 17.9 Å². The third-order valence-corrected chi connectivity index (χ3v) is 4.44. The molecule has 0 aliphatic heterocycles. The van der Waals surface area contributed by atoms with Crippen LogP contribution in [0.3, 0.4) is 0 Å². The number of hydrogen-bond donors (Lipinski definition) is 2. The molecule has 1 aromatic rings. The summed E-state index contributed by atoms with van der Waals surface area (Å²) in [4.78, 5) is 9.70. The van der Waals surface area contributed by atoms with Gasteiger partial charge in [0.05, 0.1) is 0 Å². The van der Waals surface area contributed by atoms with Crippen LogP contribution in [0.25, 0.3) is 0 Å².